The summed E-state index contributed by atoms with van der Waals surface area (Å²) in [6.07, 6.45) is 5.06. The molecule has 3 aliphatic rings. The summed E-state index contributed by atoms with van der Waals surface area (Å²) >= 11 is 0. The second kappa shape index (κ2) is 3.44. The number of rotatable bonds is 3. The van der Waals surface area contributed by atoms with E-state index in [0.29, 0.717) is 17.4 Å². The normalized spacial score (nSPS) is 32.6. The zero-order valence-corrected chi connectivity index (χ0v) is 9.37. The van der Waals surface area contributed by atoms with Gasteiger partial charge in [0, 0.05) is 24.0 Å². The molecule has 2 aliphatic heterocycles. The van der Waals surface area contributed by atoms with Crippen molar-refractivity contribution in [1.82, 2.24) is 4.90 Å². The minimum absolute atomic E-state index is 0.292. The Morgan fingerprint density at radius 1 is 1.07 bits per heavy atom. The van der Waals surface area contributed by atoms with Crippen LogP contribution in [0.4, 0.5) is 0 Å². The van der Waals surface area contributed by atoms with Gasteiger partial charge in [-0.1, -0.05) is 0 Å². The van der Waals surface area contributed by atoms with E-state index in [4.69, 9.17) is 4.74 Å². The fourth-order valence-corrected chi connectivity index (χ4v) is 2.88. The van der Waals surface area contributed by atoms with Gasteiger partial charge in [0.2, 0.25) is 0 Å². The van der Waals surface area contributed by atoms with Crippen LogP contribution in [0.2, 0.25) is 0 Å². The van der Waals surface area contributed by atoms with Crippen LogP contribution < -0.4 is 0 Å². The van der Waals surface area contributed by atoms with E-state index in [2.05, 4.69) is 4.90 Å². The van der Waals surface area contributed by atoms with Crippen LogP contribution in [0.25, 0.3) is 0 Å². The number of nitrogens with zero attached hydrogens (tertiary/aromatic N) is 1. The molecule has 15 heavy (non-hydrogen) atoms. The quantitative estimate of drug-likeness (QED) is 0.752. The highest BCUT2D eigenvalue weighted by Gasteiger charge is 2.46. The van der Waals surface area contributed by atoms with Gasteiger partial charge in [0.1, 0.15) is 0 Å². The molecule has 3 fully saturated rings. The first kappa shape index (κ1) is 10.1. The zero-order chi connectivity index (χ0) is 10.4. The first-order chi connectivity index (χ1) is 7.26. The molecular formula is C12H21NO2. The largest absolute Gasteiger partial charge is 0.396 e. The van der Waals surface area contributed by atoms with Crippen LogP contribution in [0.1, 0.15) is 25.7 Å². The van der Waals surface area contributed by atoms with Crippen molar-refractivity contribution in [3.8, 4) is 0 Å². The summed E-state index contributed by atoms with van der Waals surface area (Å²) in [5.41, 5.74) is 0.840. The second-order valence-electron chi connectivity index (χ2n) is 5.93. The minimum atomic E-state index is 0.292. The lowest BCUT2D eigenvalue weighted by molar-refractivity contribution is -0.140. The molecule has 3 rings (SSSR count). The Morgan fingerprint density at radius 3 is 2.13 bits per heavy atom. The molecule has 0 amide bonds. The molecule has 0 unspecified atom stereocenters. The average molecular weight is 211 g/mol. The van der Waals surface area contributed by atoms with Gasteiger partial charge in [0.25, 0.3) is 0 Å². The van der Waals surface area contributed by atoms with E-state index in [1.165, 1.54) is 38.8 Å². The molecule has 2 saturated heterocycles. The molecule has 3 heteroatoms. The van der Waals surface area contributed by atoms with Crippen LogP contribution in [0.15, 0.2) is 0 Å². The van der Waals surface area contributed by atoms with E-state index in [9.17, 15) is 5.11 Å². The Morgan fingerprint density at radius 2 is 1.73 bits per heavy atom. The van der Waals surface area contributed by atoms with E-state index < -0.39 is 0 Å². The van der Waals surface area contributed by atoms with Gasteiger partial charge in [0.05, 0.1) is 13.2 Å². The Balaban J connectivity index is 1.49. The maximum atomic E-state index is 9.30. The Labute approximate surface area is 91.4 Å². The number of piperidine rings is 1. The average Bonchev–Trinajstić information content (AvgIpc) is 2.98. The molecule has 1 spiro atoms. The molecule has 0 aromatic rings. The topological polar surface area (TPSA) is 32.7 Å². The summed E-state index contributed by atoms with van der Waals surface area (Å²) in [6, 6.07) is 0. The van der Waals surface area contributed by atoms with Crippen LogP contribution in [0.5, 0.6) is 0 Å². The zero-order valence-electron chi connectivity index (χ0n) is 9.37. The fraction of sp³-hybridized carbons (Fsp3) is 1.00. The van der Waals surface area contributed by atoms with Crippen molar-refractivity contribution in [3.63, 3.8) is 0 Å². The second-order valence-corrected chi connectivity index (χ2v) is 5.93. The molecule has 86 valence electrons. The van der Waals surface area contributed by atoms with Gasteiger partial charge < -0.3 is 14.7 Å². The smallest absolute Gasteiger partial charge is 0.0545 e. The van der Waals surface area contributed by atoms with Crippen molar-refractivity contribution in [2.24, 2.45) is 10.8 Å². The standard InChI is InChI=1S/C12H21NO2/c14-8-11(1-2-11)7-13-5-3-12(4-6-13)9-15-10-12/h14H,1-10H2. The van der Waals surface area contributed by atoms with Crippen molar-refractivity contribution in [2.45, 2.75) is 25.7 Å². The van der Waals surface area contributed by atoms with Gasteiger partial charge in [-0.2, -0.15) is 0 Å². The van der Waals surface area contributed by atoms with Crippen LogP contribution in [0, 0.1) is 10.8 Å². The highest BCUT2D eigenvalue weighted by atomic mass is 16.5. The van der Waals surface area contributed by atoms with Gasteiger partial charge >= 0.3 is 0 Å². The molecule has 0 atom stereocenters. The monoisotopic (exact) mass is 211 g/mol. The third-order valence-corrected chi connectivity index (χ3v) is 4.58. The van der Waals surface area contributed by atoms with Gasteiger partial charge in [-0.15, -0.1) is 0 Å². The van der Waals surface area contributed by atoms with E-state index in [1.807, 2.05) is 0 Å². The lowest BCUT2D eigenvalue weighted by Crippen LogP contribution is -2.51. The number of hydrogen-bond acceptors (Lipinski definition) is 3. The maximum Gasteiger partial charge on any atom is 0.0545 e. The summed E-state index contributed by atoms with van der Waals surface area (Å²) in [6.45, 7) is 5.92. The summed E-state index contributed by atoms with van der Waals surface area (Å²) in [4.78, 5) is 2.55. The molecule has 1 N–H and O–H groups in total. The summed E-state index contributed by atoms with van der Waals surface area (Å²) < 4.78 is 5.33. The molecule has 0 bridgehead atoms. The lowest BCUT2D eigenvalue weighted by Gasteiger charge is -2.47. The van der Waals surface area contributed by atoms with Crippen LogP contribution in [0.3, 0.4) is 0 Å². The molecule has 3 nitrogen and oxygen atoms in total. The first-order valence-electron chi connectivity index (χ1n) is 6.17. The number of ether oxygens (including phenoxy) is 1. The Bertz CT molecular complexity index is 236. The maximum absolute atomic E-state index is 9.30. The predicted octanol–water partition coefficient (Wildman–Crippen LogP) is 0.871. The SMILES string of the molecule is OCC1(CN2CCC3(CC2)COC3)CC1. The third-order valence-electron chi connectivity index (χ3n) is 4.58. The van der Waals surface area contributed by atoms with Crippen molar-refractivity contribution >= 4 is 0 Å². The molecule has 0 radical (unpaired) electrons. The van der Waals surface area contributed by atoms with Crippen molar-refractivity contribution in [1.29, 1.82) is 0 Å². The summed E-state index contributed by atoms with van der Waals surface area (Å²) in [5, 5.41) is 9.30. The number of hydrogen-bond donors (Lipinski definition) is 1. The van der Waals surface area contributed by atoms with Crippen molar-refractivity contribution in [3.05, 3.63) is 0 Å². The summed E-state index contributed by atoms with van der Waals surface area (Å²) in [5.74, 6) is 0. The highest BCUT2D eigenvalue weighted by Crippen LogP contribution is 2.47. The molecular weight excluding hydrogens is 190 g/mol. The van der Waals surface area contributed by atoms with Gasteiger partial charge in [-0.05, 0) is 38.8 Å². The first-order valence-corrected chi connectivity index (χ1v) is 6.17. The van der Waals surface area contributed by atoms with Gasteiger partial charge in [-0.3, -0.25) is 0 Å². The minimum Gasteiger partial charge on any atom is -0.396 e. The van der Waals surface area contributed by atoms with Gasteiger partial charge in [-0.25, -0.2) is 0 Å². The number of aliphatic hydroxyl groups is 1. The fourth-order valence-electron chi connectivity index (χ4n) is 2.88. The predicted molar refractivity (Wildman–Crippen MR) is 57.7 cm³/mol. The van der Waals surface area contributed by atoms with Gasteiger partial charge in [0.15, 0.2) is 0 Å². The van der Waals surface area contributed by atoms with E-state index >= 15 is 0 Å². The van der Waals surface area contributed by atoms with E-state index in [-0.39, 0.29) is 0 Å². The Hall–Kier alpha value is -0.120. The molecule has 0 aromatic carbocycles. The highest BCUT2D eigenvalue weighted by molar-refractivity contribution is 4.97. The van der Waals surface area contributed by atoms with Crippen LogP contribution in [-0.4, -0.2) is 49.5 Å². The molecule has 1 aliphatic carbocycles. The van der Waals surface area contributed by atoms with E-state index in [0.717, 1.165) is 19.8 Å². The third kappa shape index (κ3) is 1.81. The van der Waals surface area contributed by atoms with Crippen LogP contribution in [-0.2, 0) is 4.74 Å². The number of likely N-dealkylation sites (tertiary alicyclic amines) is 1. The summed E-state index contributed by atoms with van der Waals surface area (Å²) in [7, 11) is 0. The Kier molecular flexibility index (Phi) is 2.31. The molecule has 2 heterocycles. The van der Waals surface area contributed by atoms with Crippen molar-refractivity contribution in [2.75, 3.05) is 39.5 Å². The molecule has 1 saturated carbocycles. The molecule has 0 aromatic heterocycles. The lowest BCUT2D eigenvalue weighted by atomic mass is 9.76. The number of aliphatic hydroxyl groups excluding tert-OH is 1. The van der Waals surface area contributed by atoms with Crippen molar-refractivity contribution < 1.29 is 9.84 Å². The van der Waals surface area contributed by atoms with E-state index in [1.54, 1.807) is 0 Å². The van der Waals surface area contributed by atoms with Crippen LogP contribution >= 0.6 is 0 Å².